The summed E-state index contributed by atoms with van der Waals surface area (Å²) in [6.07, 6.45) is 1.42. The van der Waals surface area contributed by atoms with Gasteiger partial charge in [-0.1, -0.05) is 23.7 Å². The first-order valence-electron chi connectivity index (χ1n) is 8.92. The highest BCUT2D eigenvalue weighted by Gasteiger charge is 2.21. The zero-order valence-corrected chi connectivity index (χ0v) is 18.3. The average molecular weight is 478 g/mol. The van der Waals surface area contributed by atoms with E-state index in [0.717, 1.165) is 0 Å². The molecule has 10 heteroatoms. The van der Waals surface area contributed by atoms with E-state index in [1.54, 1.807) is 30.3 Å². The first kappa shape index (κ1) is 21.4. The molecule has 4 rings (SSSR count). The molecular weight excluding hydrogens is 464 g/mol. The predicted octanol–water partition coefficient (Wildman–Crippen LogP) is 5.12. The van der Waals surface area contributed by atoms with Crippen molar-refractivity contribution in [2.75, 3.05) is 7.11 Å². The lowest BCUT2D eigenvalue weighted by Gasteiger charge is -2.12. The standard InChI is InChI=1S/C21H14Cl2FN3O3S/c1-30-20-15(12-8-13-10-25-21(23)27-19(13)17(24)9-12)7-6-14(26-20)11-31(28,29)18-5-3-2-4-16(18)22/h2-10H,11H2,1H3. The topological polar surface area (TPSA) is 82.0 Å². The van der Waals surface area contributed by atoms with Gasteiger partial charge in [-0.2, -0.15) is 0 Å². The molecular formula is C21H14Cl2FN3O3S. The van der Waals surface area contributed by atoms with Gasteiger partial charge in [0.2, 0.25) is 11.2 Å². The molecule has 0 atom stereocenters. The van der Waals surface area contributed by atoms with Crippen LogP contribution >= 0.6 is 23.2 Å². The minimum Gasteiger partial charge on any atom is -0.481 e. The summed E-state index contributed by atoms with van der Waals surface area (Å²) in [6, 6.07) is 12.3. The van der Waals surface area contributed by atoms with Crippen molar-refractivity contribution in [3.8, 4) is 17.0 Å². The molecule has 2 aromatic heterocycles. The van der Waals surface area contributed by atoms with Gasteiger partial charge in [-0.25, -0.2) is 27.8 Å². The van der Waals surface area contributed by atoms with Crippen molar-refractivity contribution in [1.82, 2.24) is 15.0 Å². The van der Waals surface area contributed by atoms with Gasteiger partial charge in [0.1, 0.15) is 11.3 Å². The fourth-order valence-corrected chi connectivity index (χ4v) is 5.12. The van der Waals surface area contributed by atoms with Crippen LogP contribution in [0.15, 0.2) is 59.6 Å². The summed E-state index contributed by atoms with van der Waals surface area (Å²) in [5, 5.41) is 0.536. The van der Waals surface area contributed by atoms with Crippen LogP contribution in [0.4, 0.5) is 4.39 Å². The summed E-state index contributed by atoms with van der Waals surface area (Å²) in [7, 11) is -2.32. The Balaban J connectivity index is 1.73. The zero-order chi connectivity index (χ0) is 22.2. The fourth-order valence-electron chi connectivity index (χ4n) is 3.14. The molecule has 31 heavy (non-hydrogen) atoms. The van der Waals surface area contributed by atoms with Gasteiger partial charge >= 0.3 is 0 Å². The Labute approximate surface area is 187 Å². The van der Waals surface area contributed by atoms with Crippen LogP contribution in [0.25, 0.3) is 22.0 Å². The first-order valence-corrected chi connectivity index (χ1v) is 11.3. The van der Waals surface area contributed by atoms with Crippen LogP contribution < -0.4 is 4.74 Å². The van der Waals surface area contributed by atoms with Crippen molar-refractivity contribution < 1.29 is 17.5 Å². The van der Waals surface area contributed by atoms with Crippen molar-refractivity contribution in [3.63, 3.8) is 0 Å². The van der Waals surface area contributed by atoms with Crippen LogP contribution in [0.5, 0.6) is 5.88 Å². The van der Waals surface area contributed by atoms with Crippen molar-refractivity contribution in [2.45, 2.75) is 10.6 Å². The smallest absolute Gasteiger partial charge is 0.223 e. The van der Waals surface area contributed by atoms with E-state index in [4.69, 9.17) is 27.9 Å². The quantitative estimate of drug-likeness (QED) is 0.371. The minimum absolute atomic E-state index is 0.0248. The van der Waals surface area contributed by atoms with Gasteiger partial charge in [-0.05, 0) is 53.6 Å². The summed E-state index contributed by atoms with van der Waals surface area (Å²) in [4.78, 5) is 12.1. The fraction of sp³-hybridized carbons (Fsp3) is 0.0952. The van der Waals surface area contributed by atoms with Gasteiger partial charge in [0.05, 0.1) is 28.5 Å². The van der Waals surface area contributed by atoms with E-state index in [1.165, 1.54) is 31.5 Å². The molecule has 0 saturated heterocycles. The Morgan fingerprint density at radius 1 is 1.06 bits per heavy atom. The van der Waals surface area contributed by atoms with Gasteiger partial charge < -0.3 is 4.74 Å². The van der Waals surface area contributed by atoms with E-state index >= 15 is 0 Å². The lowest BCUT2D eigenvalue weighted by molar-refractivity contribution is 0.398. The SMILES string of the molecule is COc1nc(CS(=O)(=O)c2ccccc2Cl)ccc1-c1cc(F)c2nc(Cl)ncc2c1. The van der Waals surface area contributed by atoms with Crippen LogP contribution in [-0.2, 0) is 15.6 Å². The lowest BCUT2D eigenvalue weighted by atomic mass is 10.0. The number of methoxy groups -OCH3 is 1. The minimum atomic E-state index is -3.73. The Morgan fingerprint density at radius 3 is 2.58 bits per heavy atom. The lowest BCUT2D eigenvalue weighted by Crippen LogP contribution is -2.08. The molecule has 0 radical (unpaired) electrons. The number of nitrogens with zero attached hydrogens (tertiary/aromatic N) is 3. The molecule has 0 unspecified atom stereocenters. The Kier molecular flexibility index (Phi) is 5.79. The largest absolute Gasteiger partial charge is 0.481 e. The number of rotatable bonds is 5. The maximum atomic E-state index is 14.6. The summed E-state index contributed by atoms with van der Waals surface area (Å²) in [6.45, 7) is 0. The van der Waals surface area contributed by atoms with Gasteiger partial charge in [-0.3, -0.25) is 0 Å². The third-order valence-corrected chi connectivity index (χ3v) is 6.86. The van der Waals surface area contributed by atoms with Gasteiger partial charge in [0.15, 0.2) is 9.84 Å². The molecule has 0 spiro atoms. The summed E-state index contributed by atoms with van der Waals surface area (Å²) in [5.74, 6) is -0.795. The Bertz CT molecular complexity index is 1410. The molecule has 0 aliphatic heterocycles. The third-order valence-electron chi connectivity index (χ3n) is 4.54. The number of benzene rings is 2. The second-order valence-corrected chi connectivity index (χ2v) is 9.29. The van der Waals surface area contributed by atoms with Gasteiger partial charge in [0, 0.05) is 17.1 Å². The maximum Gasteiger partial charge on any atom is 0.223 e. The van der Waals surface area contributed by atoms with Crippen molar-refractivity contribution in [2.24, 2.45) is 0 Å². The number of fused-ring (bicyclic) bond motifs is 1. The monoisotopic (exact) mass is 477 g/mol. The van der Waals surface area contributed by atoms with Crippen LogP contribution in [0.3, 0.4) is 0 Å². The van der Waals surface area contributed by atoms with Gasteiger partial charge in [-0.15, -0.1) is 0 Å². The molecule has 0 aliphatic carbocycles. The van der Waals surface area contributed by atoms with Crippen molar-refractivity contribution in [1.29, 1.82) is 0 Å². The number of pyridine rings is 1. The molecule has 4 aromatic rings. The number of hydrogen-bond acceptors (Lipinski definition) is 6. The van der Waals surface area contributed by atoms with Crippen LogP contribution in [0.1, 0.15) is 5.69 Å². The maximum absolute atomic E-state index is 14.6. The number of sulfone groups is 1. The average Bonchev–Trinajstić information content (AvgIpc) is 2.74. The van der Waals surface area contributed by atoms with Crippen LogP contribution in [0.2, 0.25) is 10.3 Å². The third kappa shape index (κ3) is 4.32. The highest BCUT2D eigenvalue weighted by Crippen LogP contribution is 2.33. The highest BCUT2D eigenvalue weighted by atomic mass is 35.5. The van der Waals surface area contributed by atoms with Gasteiger partial charge in [0.25, 0.3) is 0 Å². The Hall–Kier alpha value is -2.81. The molecule has 0 bridgehead atoms. The molecule has 0 N–H and O–H groups in total. The van der Waals surface area contributed by atoms with Crippen molar-refractivity contribution in [3.05, 3.63) is 76.5 Å². The molecule has 158 valence electrons. The Morgan fingerprint density at radius 2 is 1.84 bits per heavy atom. The first-order chi connectivity index (χ1) is 14.8. The molecule has 6 nitrogen and oxygen atoms in total. The molecule has 2 aromatic carbocycles. The van der Waals surface area contributed by atoms with Crippen molar-refractivity contribution >= 4 is 43.9 Å². The second-order valence-electron chi connectivity index (χ2n) is 6.58. The van der Waals surface area contributed by atoms with E-state index in [-0.39, 0.29) is 38.0 Å². The van der Waals surface area contributed by atoms with E-state index in [0.29, 0.717) is 16.5 Å². The summed E-state index contributed by atoms with van der Waals surface area (Å²) < 4.78 is 45.4. The number of hydrogen-bond donors (Lipinski definition) is 0. The number of ether oxygens (including phenoxy) is 1. The van der Waals surface area contributed by atoms with Crippen LogP contribution in [0, 0.1) is 5.82 Å². The van der Waals surface area contributed by atoms with E-state index in [9.17, 15) is 12.8 Å². The van der Waals surface area contributed by atoms with Crippen LogP contribution in [-0.4, -0.2) is 30.5 Å². The highest BCUT2D eigenvalue weighted by molar-refractivity contribution is 7.90. The molecule has 0 saturated carbocycles. The van der Waals surface area contributed by atoms with E-state index in [2.05, 4.69) is 15.0 Å². The number of halogens is 3. The zero-order valence-electron chi connectivity index (χ0n) is 16.0. The molecule has 2 heterocycles. The normalized spacial score (nSPS) is 11.6. The summed E-state index contributed by atoms with van der Waals surface area (Å²) in [5.41, 5.74) is 1.31. The van der Waals surface area contributed by atoms with E-state index in [1.807, 2.05) is 0 Å². The second kappa shape index (κ2) is 8.37. The predicted molar refractivity (Wildman–Crippen MR) is 117 cm³/mol. The molecule has 0 fully saturated rings. The number of aromatic nitrogens is 3. The molecule has 0 aliphatic rings. The molecule has 0 amide bonds. The summed E-state index contributed by atoms with van der Waals surface area (Å²) >= 11 is 11.8. The van der Waals surface area contributed by atoms with E-state index < -0.39 is 15.7 Å².